The van der Waals surface area contributed by atoms with Crippen LogP contribution >= 0.6 is 10.7 Å². The van der Waals surface area contributed by atoms with Crippen LogP contribution in [0.5, 0.6) is 5.75 Å². The summed E-state index contributed by atoms with van der Waals surface area (Å²) in [5.74, 6) is 0.167. The third-order valence-electron chi connectivity index (χ3n) is 2.55. The van der Waals surface area contributed by atoms with Crippen LogP contribution in [0, 0.1) is 13.8 Å². The minimum absolute atomic E-state index is 0.0130. The number of sulfone groups is 1. The molecule has 0 heterocycles. The average molecular weight is 341 g/mol. The molecule has 8 heteroatoms. The Morgan fingerprint density at radius 1 is 1.15 bits per heavy atom. The summed E-state index contributed by atoms with van der Waals surface area (Å²) >= 11 is 0. The van der Waals surface area contributed by atoms with Crippen molar-refractivity contribution < 1.29 is 21.6 Å². The molecule has 0 bridgehead atoms. The molecule has 114 valence electrons. The first-order valence-electron chi connectivity index (χ1n) is 5.87. The van der Waals surface area contributed by atoms with Gasteiger partial charge in [-0.1, -0.05) is 6.07 Å². The summed E-state index contributed by atoms with van der Waals surface area (Å²) in [6.07, 6.45) is 1.42. The summed E-state index contributed by atoms with van der Waals surface area (Å²) < 4.78 is 50.5. The van der Waals surface area contributed by atoms with Crippen molar-refractivity contribution in [1.29, 1.82) is 0 Å². The van der Waals surface area contributed by atoms with E-state index < -0.39 is 18.9 Å². The van der Waals surface area contributed by atoms with E-state index in [1.807, 2.05) is 0 Å². The molecule has 0 amide bonds. The predicted octanol–water partition coefficient (Wildman–Crippen LogP) is 2.04. The van der Waals surface area contributed by atoms with Crippen LogP contribution in [-0.2, 0) is 18.9 Å². The van der Waals surface area contributed by atoms with Gasteiger partial charge in [0, 0.05) is 16.9 Å². The third-order valence-corrected chi connectivity index (χ3v) is 4.91. The second kappa shape index (κ2) is 6.32. The fourth-order valence-corrected chi connectivity index (χ4v) is 3.53. The van der Waals surface area contributed by atoms with E-state index >= 15 is 0 Å². The van der Waals surface area contributed by atoms with Gasteiger partial charge in [-0.3, -0.25) is 0 Å². The van der Waals surface area contributed by atoms with Gasteiger partial charge in [0.25, 0.3) is 9.05 Å². The number of rotatable bonds is 6. The maximum Gasteiger partial charge on any atom is 0.265 e. The van der Waals surface area contributed by atoms with Gasteiger partial charge >= 0.3 is 0 Å². The van der Waals surface area contributed by atoms with E-state index in [1.165, 1.54) is 6.07 Å². The minimum Gasteiger partial charge on any atom is -0.492 e. The van der Waals surface area contributed by atoms with Crippen molar-refractivity contribution in [3.8, 4) is 5.75 Å². The molecule has 0 spiro atoms. The standard InChI is InChI=1S/C12H17ClO5S2/c1-9-7-10(2)12(11(8-9)20(13,16)17)18-5-4-6-19(3,14)15/h7-8H,4-6H2,1-3H3. The zero-order valence-corrected chi connectivity index (χ0v) is 13.9. The quantitative estimate of drug-likeness (QED) is 0.585. The largest absolute Gasteiger partial charge is 0.492 e. The zero-order valence-electron chi connectivity index (χ0n) is 11.5. The predicted molar refractivity (Wildman–Crippen MR) is 78.8 cm³/mol. The summed E-state index contributed by atoms with van der Waals surface area (Å²) in [5, 5.41) is 0. The number of halogens is 1. The van der Waals surface area contributed by atoms with Crippen molar-refractivity contribution in [1.82, 2.24) is 0 Å². The van der Waals surface area contributed by atoms with Crippen molar-refractivity contribution in [2.24, 2.45) is 0 Å². The van der Waals surface area contributed by atoms with Crippen molar-refractivity contribution in [3.05, 3.63) is 23.3 Å². The minimum atomic E-state index is -3.92. The summed E-state index contributed by atoms with van der Waals surface area (Å²) in [7, 11) is -1.58. The van der Waals surface area contributed by atoms with E-state index in [0.29, 0.717) is 5.56 Å². The Morgan fingerprint density at radius 3 is 2.25 bits per heavy atom. The second-order valence-electron chi connectivity index (χ2n) is 4.68. The van der Waals surface area contributed by atoms with Gasteiger partial charge in [-0.05, 0) is 37.5 Å². The number of hydrogen-bond acceptors (Lipinski definition) is 5. The average Bonchev–Trinajstić information content (AvgIpc) is 2.23. The lowest BCUT2D eigenvalue weighted by Gasteiger charge is -2.13. The molecule has 0 aromatic heterocycles. The number of hydrogen-bond donors (Lipinski definition) is 0. The van der Waals surface area contributed by atoms with Gasteiger partial charge in [-0.2, -0.15) is 0 Å². The molecule has 5 nitrogen and oxygen atoms in total. The highest BCUT2D eigenvalue weighted by Crippen LogP contribution is 2.31. The van der Waals surface area contributed by atoms with E-state index in [-0.39, 0.29) is 29.4 Å². The molecule has 1 rings (SSSR count). The maximum absolute atomic E-state index is 11.5. The Kier molecular flexibility index (Phi) is 5.46. The molecule has 0 radical (unpaired) electrons. The van der Waals surface area contributed by atoms with Gasteiger partial charge in [0.05, 0.1) is 12.4 Å². The van der Waals surface area contributed by atoms with E-state index in [0.717, 1.165) is 11.8 Å². The van der Waals surface area contributed by atoms with Crippen LogP contribution in [0.4, 0.5) is 0 Å². The van der Waals surface area contributed by atoms with Gasteiger partial charge in [-0.15, -0.1) is 0 Å². The van der Waals surface area contributed by atoms with E-state index in [1.54, 1.807) is 19.9 Å². The Labute approximate surface area is 124 Å². The van der Waals surface area contributed by atoms with Crippen molar-refractivity contribution in [2.75, 3.05) is 18.6 Å². The molecule has 0 aliphatic heterocycles. The van der Waals surface area contributed by atoms with Gasteiger partial charge in [0.1, 0.15) is 20.5 Å². The Bertz CT molecular complexity index is 693. The number of ether oxygens (including phenoxy) is 1. The third kappa shape index (κ3) is 5.30. The van der Waals surface area contributed by atoms with Gasteiger partial charge in [0.15, 0.2) is 0 Å². The first kappa shape index (κ1) is 17.3. The normalized spacial score (nSPS) is 12.4. The molecular formula is C12H17ClO5S2. The van der Waals surface area contributed by atoms with Crippen LogP contribution in [0.1, 0.15) is 17.5 Å². The molecule has 0 aliphatic rings. The van der Waals surface area contributed by atoms with Crippen LogP contribution in [0.3, 0.4) is 0 Å². The second-order valence-corrected chi connectivity index (χ2v) is 9.47. The topological polar surface area (TPSA) is 77.5 Å². The molecular weight excluding hydrogens is 324 g/mol. The molecule has 1 aromatic carbocycles. The lowest BCUT2D eigenvalue weighted by atomic mass is 10.1. The fourth-order valence-electron chi connectivity index (χ4n) is 1.78. The van der Waals surface area contributed by atoms with Gasteiger partial charge < -0.3 is 4.74 Å². The van der Waals surface area contributed by atoms with Crippen LogP contribution in [-0.4, -0.2) is 35.5 Å². The zero-order chi connectivity index (χ0) is 15.6. The SMILES string of the molecule is Cc1cc(C)c(OCCCS(C)(=O)=O)c(S(=O)(=O)Cl)c1. The molecule has 0 unspecified atom stereocenters. The van der Waals surface area contributed by atoms with E-state index in [9.17, 15) is 16.8 Å². The summed E-state index contributed by atoms with van der Waals surface area (Å²) in [6.45, 7) is 3.58. The van der Waals surface area contributed by atoms with Crippen LogP contribution in [0.25, 0.3) is 0 Å². The summed E-state index contributed by atoms with van der Waals surface area (Å²) in [5.41, 5.74) is 1.40. The van der Waals surface area contributed by atoms with Crippen LogP contribution < -0.4 is 4.74 Å². The first-order chi connectivity index (χ1) is 9.00. The van der Waals surface area contributed by atoms with Crippen molar-refractivity contribution in [3.63, 3.8) is 0 Å². The first-order valence-corrected chi connectivity index (χ1v) is 10.2. The Hall–Kier alpha value is -0.790. The molecule has 0 saturated carbocycles. The van der Waals surface area contributed by atoms with Crippen molar-refractivity contribution in [2.45, 2.75) is 25.2 Å². The lowest BCUT2D eigenvalue weighted by Crippen LogP contribution is -2.10. The Morgan fingerprint density at radius 2 is 1.75 bits per heavy atom. The van der Waals surface area contributed by atoms with Crippen molar-refractivity contribution >= 4 is 29.6 Å². The van der Waals surface area contributed by atoms with Gasteiger partial charge in [0.2, 0.25) is 0 Å². The maximum atomic E-state index is 11.5. The van der Waals surface area contributed by atoms with E-state index in [4.69, 9.17) is 15.4 Å². The monoisotopic (exact) mass is 340 g/mol. The Balaban J connectivity index is 2.95. The molecule has 0 saturated heterocycles. The molecule has 20 heavy (non-hydrogen) atoms. The van der Waals surface area contributed by atoms with Crippen LogP contribution in [0.2, 0.25) is 0 Å². The van der Waals surface area contributed by atoms with E-state index in [2.05, 4.69) is 0 Å². The smallest absolute Gasteiger partial charge is 0.265 e. The summed E-state index contributed by atoms with van der Waals surface area (Å²) in [4.78, 5) is -0.0870. The molecule has 0 fully saturated rings. The van der Waals surface area contributed by atoms with Gasteiger partial charge in [-0.25, -0.2) is 16.8 Å². The highest BCUT2D eigenvalue weighted by atomic mass is 35.7. The lowest BCUT2D eigenvalue weighted by molar-refractivity contribution is 0.307. The molecule has 0 aliphatic carbocycles. The van der Waals surface area contributed by atoms with Crippen LogP contribution in [0.15, 0.2) is 17.0 Å². The molecule has 1 aromatic rings. The number of aryl methyl sites for hydroxylation is 2. The molecule has 0 N–H and O–H groups in total. The highest BCUT2D eigenvalue weighted by Gasteiger charge is 2.19. The molecule has 0 atom stereocenters. The fraction of sp³-hybridized carbons (Fsp3) is 0.500. The summed E-state index contributed by atoms with van der Waals surface area (Å²) in [6, 6.07) is 3.21. The highest BCUT2D eigenvalue weighted by molar-refractivity contribution is 8.13. The number of benzene rings is 1.